The summed E-state index contributed by atoms with van der Waals surface area (Å²) in [7, 11) is 2.13. The molecular formula is C33H43FN4O4. The van der Waals surface area contributed by atoms with Crippen LogP contribution >= 0.6 is 0 Å². The van der Waals surface area contributed by atoms with Gasteiger partial charge in [-0.25, -0.2) is 4.39 Å². The molecule has 0 aromatic heterocycles. The molecule has 8 nitrogen and oxygen atoms in total. The molecule has 0 bridgehead atoms. The lowest BCUT2D eigenvalue weighted by molar-refractivity contribution is -0.118. The van der Waals surface area contributed by atoms with E-state index >= 15 is 0 Å². The van der Waals surface area contributed by atoms with Crippen LogP contribution in [0.25, 0.3) is 0 Å². The van der Waals surface area contributed by atoms with Gasteiger partial charge in [0.25, 0.3) is 5.91 Å². The first-order valence-corrected chi connectivity index (χ1v) is 15.7. The van der Waals surface area contributed by atoms with Gasteiger partial charge < -0.3 is 29.5 Å². The summed E-state index contributed by atoms with van der Waals surface area (Å²) in [4.78, 5) is 31.7. The van der Waals surface area contributed by atoms with E-state index in [1.54, 1.807) is 11.0 Å². The Bertz CT molecular complexity index is 1270. The van der Waals surface area contributed by atoms with E-state index in [0.29, 0.717) is 56.4 Å². The summed E-state index contributed by atoms with van der Waals surface area (Å²) in [6, 6.07) is 10.5. The maximum Gasteiger partial charge on any atom is 0.253 e. The number of halogens is 1. The minimum atomic E-state index is -0.428. The van der Waals surface area contributed by atoms with Crippen molar-refractivity contribution in [2.45, 2.75) is 69.5 Å². The van der Waals surface area contributed by atoms with E-state index in [9.17, 15) is 14.0 Å². The van der Waals surface area contributed by atoms with E-state index in [0.717, 1.165) is 43.7 Å². The van der Waals surface area contributed by atoms with Gasteiger partial charge in [0.1, 0.15) is 29.5 Å². The summed E-state index contributed by atoms with van der Waals surface area (Å²) in [5.41, 5.74) is 2.43. The molecule has 1 aliphatic carbocycles. The Balaban J connectivity index is 1.10. The summed E-state index contributed by atoms with van der Waals surface area (Å²) >= 11 is 0. The van der Waals surface area contributed by atoms with Crippen LogP contribution in [0, 0.1) is 5.82 Å². The van der Waals surface area contributed by atoms with Crippen molar-refractivity contribution in [3.05, 3.63) is 53.3 Å². The van der Waals surface area contributed by atoms with Gasteiger partial charge in [0.15, 0.2) is 0 Å². The topological polar surface area (TPSA) is 74.4 Å². The first kappa shape index (κ1) is 28.9. The van der Waals surface area contributed by atoms with Gasteiger partial charge in [-0.05, 0) is 62.1 Å². The third-order valence-corrected chi connectivity index (χ3v) is 9.23. The van der Waals surface area contributed by atoms with Gasteiger partial charge in [0, 0.05) is 69.8 Å². The Kier molecular flexibility index (Phi) is 8.95. The lowest BCUT2D eigenvalue weighted by Crippen LogP contribution is -2.48. The van der Waals surface area contributed by atoms with E-state index in [1.807, 2.05) is 17.0 Å². The van der Waals surface area contributed by atoms with Crippen molar-refractivity contribution < 1.29 is 23.5 Å². The molecule has 2 amide bonds. The average Bonchev–Trinajstić information content (AvgIpc) is 3.42. The first-order valence-electron chi connectivity index (χ1n) is 15.7. The summed E-state index contributed by atoms with van der Waals surface area (Å²) in [6.07, 6.45) is 8.44. The predicted molar refractivity (Wildman–Crippen MR) is 160 cm³/mol. The summed E-state index contributed by atoms with van der Waals surface area (Å²) in [5.74, 6) is 1.34. The van der Waals surface area contributed by atoms with Gasteiger partial charge >= 0.3 is 0 Å². The zero-order valence-corrected chi connectivity index (χ0v) is 24.7. The molecule has 4 aliphatic rings. The Labute approximate surface area is 248 Å². The number of hydrogen-bond acceptors (Lipinski definition) is 6. The van der Waals surface area contributed by atoms with E-state index in [1.165, 1.54) is 37.0 Å². The van der Waals surface area contributed by atoms with Gasteiger partial charge in [-0.2, -0.15) is 0 Å². The highest BCUT2D eigenvalue weighted by Gasteiger charge is 2.29. The van der Waals surface area contributed by atoms with Gasteiger partial charge in [0.05, 0.1) is 12.2 Å². The molecule has 3 saturated heterocycles. The molecule has 226 valence electrons. The highest BCUT2D eigenvalue weighted by Crippen LogP contribution is 2.39. The molecule has 2 aromatic rings. The van der Waals surface area contributed by atoms with Crippen LogP contribution in [0.1, 0.15) is 73.2 Å². The number of nitrogens with zero attached hydrogens (tertiary/aromatic N) is 3. The van der Waals surface area contributed by atoms with Crippen LogP contribution in [0.15, 0.2) is 36.4 Å². The molecular weight excluding hydrogens is 535 g/mol. The number of piperazine rings is 1. The first-order chi connectivity index (χ1) is 20.4. The minimum absolute atomic E-state index is 0.0444. The predicted octanol–water partition coefficient (Wildman–Crippen LogP) is 4.58. The van der Waals surface area contributed by atoms with Crippen molar-refractivity contribution in [3.63, 3.8) is 0 Å². The van der Waals surface area contributed by atoms with Crippen molar-refractivity contribution in [2.75, 3.05) is 57.8 Å². The Morgan fingerprint density at radius 3 is 2.43 bits per heavy atom. The van der Waals surface area contributed by atoms with Gasteiger partial charge in [-0.15, -0.1) is 0 Å². The van der Waals surface area contributed by atoms with Crippen molar-refractivity contribution in [1.82, 2.24) is 15.1 Å². The van der Waals surface area contributed by atoms with Gasteiger partial charge in [0.2, 0.25) is 5.91 Å². The molecule has 6 rings (SSSR count). The zero-order chi connectivity index (χ0) is 29.1. The van der Waals surface area contributed by atoms with Crippen LogP contribution in [-0.4, -0.2) is 86.7 Å². The van der Waals surface area contributed by atoms with Crippen LogP contribution in [0.4, 0.5) is 10.1 Å². The molecule has 3 heterocycles. The zero-order valence-electron chi connectivity index (χ0n) is 24.7. The molecule has 9 heteroatoms. The van der Waals surface area contributed by atoms with Crippen LogP contribution < -0.4 is 19.7 Å². The number of benzene rings is 2. The van der Waals surface area contributed by atoms with Crippen molar-refractivity contribution in [3.8, 4) is 11.5 Å². The molecule has 1 N–H and O–H groups in total. The second-order valence-corrected chi connectivity index (χ2v) is 12.4. The van der Waals surface area contributed by atoms with Gasteiger partial charge in [-0.3, -0.25) is 9.59 Å². The minimum Gasteiger partial charge on any atom is -0.490 e. The number of likely N-dealkylation sites (N-methyl/N-ethyl adjacent to an activating group) is 1. The van der Waals surface area contributed by atoms with Gasteiger partial charge in [-0.1, -0.05) is 19.3 Å². The second kappa shape index (κ2) is 13.0. The molecule has 2 aromatic carbocycles. The van der Waals surface area contributed by atoms with E-state index in [2.05, 4.69) is 23.3 Å². The normalized spacial score (nSPS) is 22.9. The fourth-order valence-corrected chi connectivity index (χ4v) is 6.89. The number of nitrogens with one attached hydrogen (secondary N) is 1. The SMILES string of the molecule is CN1CC[C@H](Oc2ccc(C(=O)N3CCC(Oc4cc(F)cc(N5CCNCC5=O)c4)CC3)cc2C2CCCCC2)C1. The molecule has 0 spiro atoms. The molecule has 0 radical (unpaired) electrons. The number of rotatable bonds is 7. The van der Waals surface area contributed by atoms with Crippen LogP contribution in [0.2, 0.25) is 0 Å². The summed E-state index contributed by atoms with van der Waals surface area (Å²) in [6.45, 7) is 4.55. The number of hydrogen-bond donors (Lipinski definition) is 1. The molecule has 1 atom stereocenters. The van der Waals surface area contributed by atoms with E-state index in [4.69, 9.17) is 9.47 Å². The number of likely N-dealkylation sites (tertiary alicyclic amines) is 2. The maximum absolute atomic E-state index is 14.4. The van der Waals surface area contributed by atoms with Crippen LogP contribution in [0.5, 0.6) is 11.5 Å². The monoisotopic (exact) mass is 578 g/mol. The molecule has 42 heavy (non-hydrogen) atoms. The van der Waals surface area contributed by atoms with Crippen LogP contribution in [-0.2, 0) is 4.79 Å². The van der Waals surface area contributed by atoms with Crippen molar-refractivity contribution in [2.24, 2.45) is 0 Å². The number of carbonyl (C=O) groups is 2. The second-order valence-electron chi connectivity index (χ2n) is 12.4. The quantitative estimate of drug-likeness (QED) is 0.519. The number of piperidine rings is 1. The Morgan fingerprint density at radius 1 is 0.905 bits per heavy atom. The highest BCUT2D eigenvalue weighted by molar-refractivity contribution is 5.96. The third-order valence-electron chi connectivity index (χ3n) is 9.23. The largest absolute Gasteiger partial charge is 0.490 e. The number of carbonyl (C=O) groups excluding carboxylic acids is 2. The maximum atomic E-state index is 14.4. The summed E-state index contributed by atoms with van der Waals surface area (Å²) in [5, 5.41) is 3.04. The lowest BCUT2D eigenvalue weighted by Gasteiger charge is -2.33. The fraction of sp³-hybridized carbons (Fsp3) is 0.576. The Hall–Kier alpha value is -3.17. The standard InChI is InChI=1S/C33H43FN4O4/c1-36-13-9-28(22-36)42-31-8-7-24(17-30(31)23-5-3-2-4-6-23)33(40)37-14-10-27(11-15-37)41-29-19-25(34)18-26(20-29)38-16-12-35-21-32(38)39/h7-8,17-20,23,27-28,35H,2-6,9-16,21-22H2,1H3/t28-/m0/s1. The molecule has 4 fully saturated rings. The summed E-state index contributed by atoms with van der Waals surface area (Å²) < 4.78 is 27.1. The Morgan fingerprint density at radius 2 is 1.69 bits per heavy atom. The molecule has 3 aliphatic heterocycles. The third kappa shape index (κ3) is 6.73. The molecule has 0 unspecified atom stereocenters. The van der Waals surface area contributed by atoms with Crippen molar-refractivity contribution >= 4 is 17.5 Å². The van der Waals surface area contributed by atoms with E-state index in [-0.39, 0.29) is 30.6 Å². The molecule has 1 saturated carbocycles. The highest BCUT2D eigenvalue weighted by atomic mass is 19.1. The van der Waals surface area contributed by atoms with E-state index < -0.39 is 5.82 Å². The number of anilines is 1. The number of ether oxygens (including phenoxy) is 2. The average molecular weight is 579 g/mol. The fourth-order valence-electron chi connectivity index (χ4n) is 6.89. The van der Waals surface area contributed by atoms with Crippen molar-refractivity contribution in [1.29, 1.82) is 0 Å². The smallest absolute Gasteiger partial charge is 0.253 e. The van der Waals surface area contributed by atoms with Crippen LogP contribution in [0.3, 0.4) is 0 Å². The number of amides is 2. The lowest BCUT2D eigenvalue weighted by atomic mass is 9.83.